The van der Waals surface area contributed by atoms with Gasteiger partial charge in [-0.25, -0.2) is 4.79 Å². The minimum absolute atomic E-state index is 0.0426. The van der Waals surface area contributed by atoms with E-state index in [0.717, 1.165) is 19.3 Å². The fraction of sp³-hybridized carbons (Fsp3) is 0.435. The molecule has 1 aliphatic heterocycles. The molecule has 0 spiro atoms. The topological polar surface area (TPSA) is 101 Å². The number of nitrogens with one attached hydrogen (secondary N) is 2. The summed E-state index contributed by atoms with van der Waals surface area (Å²) in [5.74, 6) is -0.209. The summed E-state index contributed by atoms with van der Waals surface area (Å²) in [6.07, 6.45) is 3.63. The maximum Gasteiger partial charge on any atom is 0.339 e. The Labute approximate surface area is 181 Å². The molecule has 1 aromatic heterocycles. The van der Waals surface area contributed by atoms with Crippen molar-refractivity contribution < 1.29 is 23.9 Å². The van der Waals surface area contributed by atoms with E-state index < -0.39 is 5.97 Å². The predicted molar refractivity (Wildman–Crippen MR) is 118 cm³/mol. The van der Waals surface area contributed by atoms with Crippen LogP contribution in [0.2, 0.25) is 0 Å². The molecular formula is C23H29N3O5. The summed E-state index contributed by atoms with van der Waals surface area (Å²) in [7, 11) is 2.88. The van der Waals surface area contributed by atoms with Gasteiger partial charge in [-0.2, -0.15) is 0 Å². The number of rotatable bonds is 7. The zero-order valence-corrected chi connectivity index (χ0v) is 18.5. The van der Waals surface area contributed by atoms with E-state index in [1.807, 2.05) is 6.92 Å². The number of piperidine rings is 1. The molecule has 8 heteroatoms. The van der Waals surface area contributed by atoms with E-state index in [0.29, 0.717) is 59.0 Å². The lowest BCUT2D eigenvalue weighted by Gasteiger charge is -2.28. The smallest absolute Gasteiger partial charge is 0.339 e. The largest absolute Gasteiger partial charge is 0.495 e. The molecule has 31 heavy (non-hydrogen) atoms. The van der Waals surface area contributed by atoms with E-state index in [-0.39, 0.29) is 11.8 Å². The summed E-state index contributed by atoms with van der Waals surface area (Å²) >= 11 is 0. The van der Waals surface area contributed by atoms with Gasteiger partial charge in [-0.15, -0.1) is 0 Å². The molecule has 0 bridgehead atoms. The molecule has 2 aromatic rings. The highest BCUT2D eigenvalue weighted by Gasteiger charge is 2.26. The first-order valence-electron chi connectivity index (χ1n) is 10.5. The van der Waals surface area contributed by atoms with Gasteiger partial charge in [-0.1, -0.05) is 13.3 Å². The summed E-state index contributed by atoms with van der Waals surface area (Å²) < 4.78 is 10.3. The number of amides is 2. The molecule has 3 rings (SSSR count). The first-order valence-corrected chi connectivity index (χ1v) is 10.5. The molecule has 0 radical (unpaired) electrons. The Hall–Kier alpha value is -3.29. The summed E-state index contributed by atoms with van der Waals surface area (Å²) in [6.45, 7) is 4.34. The number of aromatic amines is 1. The number of hydrogen-bond donors (Lipinski definition) is 2. The minimum Gasteiger partial charge on any atom is -0.495 e. The third-order valence-electron chi connectivity index (χ3n) is 5.46. The zero-order valence-electron chi connectivity index (χ0n) is 18.5. The lowest BCUT2D eigenvalue weighted by Crippen LogP contribution is -2.35. The highest BCUT2D eigenvalue weighted by molar-refractivity contribution is 6.07. The average molecular weight is 428 g/mol. The molecule has 1 saturated heterocycles. The Morgan fingerprint density at radius 1 is 1.23 bits per heavy atom. The highest BCUT2D eigenvalue weighted by Crippen LogP contribution is 2.34. The van der Waals surface area contributed by atoms with Crippen molar-refractivity contribution in [2.45, 2.75) is 46.0 Å². The molecule has 2 heterocycles. The van der Waals surface area contributed by atoms with Gasteiger partial charge < -0.3 is 24.7 Å². The van der Waals surface area contributed by atoms with Gasteiger partial charge in [-0.3, -0.25) is 9.59 Å². The summed E-state index contributed by atoms with van der Waals surface area (Å²) in [6, 6.07) is 5.21. The Balaban J connectivity index is 1.93. The van der Waals surface area contributed by atoms with Crippen LogP contribution in [-0.2, 0) is 16.0 Å². The number of ether oxygens (including phenoxy) is 2. The molecule has 1 aromatic carbocycles. The molecule has 8 nitrogen and oxygen atoms in total. The molecule has 0 unspecified atom stereocenters. The van der Waals surface area contributed by atoms with Crippen LogP contribution < -0.4 is 15.0 Å². The van der Waals surface area contributed by atoms with E-state index in [2.05, 4.69) is 10.3 Å². The van der Waals surface area contributed by atoms with Gasteiger partial charge in [0.1, 0.15) is 11.4 Å². The lowest BCUT2D eigenvalue weighted by atomic mass is 10.0. The zero-order chi connectivity index (χ0) is 22.5. The van der Waals surface area contributed by atoms with Crippen molar-refractivity contribution in [1.29, 1.82) is 0 Å². The van der Waals surface area contributed by atoms with Crippen molar-refractivity contribution in [2.24, 2.45) is 0 Å². The van der Waals surface area contributed by atoms with Crippen LogP contribution in [0, 0.1) is 6.92 Å². The molecule has 0 atom stereocenters. The van der Waals surface area contributed by atoms with Gasteiger partial charge in [0.05, 0.1) is 25.5 Å². The molecule has 2 amide bonds. The van der Waals surface area contributed by atoms with Gasteiger partial charge in [0.25, 0.3) is 5.91 Å². The van der Waals surface area contributed by atoms with E-state index >= 15 is 0 Å². The normalized spacial score (nSPS) is 13.8. The Morgan fingerprint density at radius 2 is 2.00 bits per heavy atom. The molecular weight excluding hydrogens is 398 g/mol. The maximum absolute atomic E-state index is 13.1. The molecule has 1 fully saturated rings. The summed E-state index contributed by atoms with van der Waals surface area (Å²) in [4.78, 5) is 42.4. The van der Waals surface area contributed by atoms with Crippen molar-refractivity contribution in [2.75, 3.05) is 31.0 Å². The van der Waals surface area contributed by atoms with Crippen molar-refractivity contribution in [3.63, 3.8) is 0 Å². The first kappa shape index (κ1) is 22.4. The number of anilines is 2. The van der Waals surface area contributed by atoms with Gasteiger partial charge >= 0.3 is 5.97 Å². The van der Waals surface area contributed by atoms with Crippen molar-refractivity contribution in [3.05, 3.63) is 40.7 Å². The quantitative estimate of drug-likeness (QED) is 0.654. The second-order valence-corrected chi connectivity index (χ2v) is 7.56. The van der Waals surface area contributed by atoms with Crippen LogP contribution >= 0.6 is 0 Å². The molecule has 0 aliphatic carbocycles. The number of carbonyl (C=O) groups is 3. The second-order valence-electron chi connectivity index (χ2n) is 7.56. The second kappa shape index (κ2) is 9.68. The lowest BCUT2D eigenvalue weighted by molar-refractivity contribution is -0.119. The number of nitrogens with zero attached hydrogens (tertiary/aromatic N) is 1. The third-order valence-corrected chi connectivity index (χ3v) is 5.46. The maximum atomic E-state index is 13.1. The van der Waals surface area contributed by atoms with Gasteiger partial charge in [0.15, 0.2) is 0 Å². The molecule has 1 aliphatic rings. The van der Waals surface area contributed by atoms with Crippen LogP contribution in [0.4, 0.5) is 11.4 Å². The number of carbonyl (C=O) groups excluding carboxylic acids is 3. The monoisotopic (exact) mass is 427 g/mol. The van der Waals surface area contributed by atoms with Crippen LogP contribution in [0.1, 0.15) is 64.7 Å². The Morgan fingerprint density at radius 3 is 2.65 bits per heavy atom. The van der Waals surface area contributed by atoms with Crippen molar-refractivity contribution in [3.8, 4) is 5.75 Å². The summed E-state index contributed by atoms with van der Waals surface area (Å²) in [5.41, 5.74) is 3.15. The van der Waals surface area contributed by atoms with Crippen LogP contribution in [-0.4, -0.2) is 43.5 Å². The Kier molecular flexibility index (Phi) is 6.99. The standard InChI is InChI=1S/C23H29N3O5/c1-5-8-16-20(23(29)31-4)14(2)24-21(16)22(28)25-15-10-11-18(30-3)17(13-15)26-12-7-6-9-19(26)27/h10-11,13,24H,5-9,12H2,1-4H3,(H,25,28). The van der Waals surface area contributed by atoms with Crippen LogP contribution in [0.5, 0.6) is 5.75 Å². The van der Waals surface area contributed by atoms with E-state index in [4.69, 9.17) is 9.47 Å². The highest BCUT2D eigenvalue weighted by atomic mass is 16.5. The summed E-state index contributed by atoms with van der Waals surface area (Å²) in [5, 5.41) is 2.88. The molecule has 2 N–H and O–H groups in total. The number of hydrogen-bond acceptors (Lipinski definition) is 5. The van der Waals surface area contributed by atoms with Gasteiger partial charge in [0, 0.05) is 24.3 Å². The molecule has 166 valence electrons. The van der Waals surface area contributed by atoms with E-state index in [1.165, 1.54) is 7.11 Å². The Bertz CT molecular complexity index is 995. The van der Waals surface area contributed by atoms with E-state index in [1.54, 1.807) is 37.1 Å². The van der Waals surface area contributed by atoms with E-state index in [9.17, 15) is 14.4 Å². The molecule has 0 saturated carbocycles. The number of methoxy groups -OCH3 is 2. The van der Waals surface area contributed by atoms with Crippen molar-refractivity contribution >= 4 is 29.2 Å². The number of H-pyrrole nitrogens is 1. The average Bonchev–Trinajstić information content (AvgIpc) is 3.10. The van der Waals surface area contributed by atoms with Crippen LogP contribution in [0.15, 0.2) is 18.2 Å². The predicted octanol–water partition coefficient (Wildman–Crippen LogP) is 3.84. The number of benzene rings is 1. The van der Waals surface area contributed by atoms with Crippen LogP contribution in [0.3, 0.4) is 0 Å². The fourth-order valence-electron chi connectivity index (χ4n) is 3.98. The fourth-order valence-corrected chi connectivity index (χ4v) is 3.98. The number of aryl methyl sites for hydroxylation is 1. The van der Waals surface area contributed by atoms with Gasteiger partial charge in [-0.05, 0) is 49.9 Å². The number of aromatic nitrogens is 1. The first-order chi connectivity index (χ1) is 14.9. The van der Waals surface area contributed by atoms with Crippen LogP contribution in [0.25, 0.3) is 0 Å². The number of esters is 1. The van der Waals surface area contributed by atoms with Crippen molar-refractivity contribution in [1.82, 2.24) is 4.98 Å². The van der Waals surface area contributed by atoms with Gasteiger partial charge in [0.2, 0.25) is 5.91 Å². The third kappa shape index (κ3) is 4.57. The minimum atomic E-state index is -0.466. The SMILES string of the molecule is CCCc1c(C(=O)Nc2ccc(OC)c(N3CCCCC3=O)c2)[nH]c(C)c1C(=O)OC.